The molecule has 26 heavy (non-hydrogen) atoms. The van der Waals surface area contributed by atoms with Gasteiger partial charge in [0.1, 0.15) is 6.61 Å². The van der Waals surface area contributed by atoms with Crippen molar-refractivity contribution in [1.82, 2.24) is 0 Å². The summed E-state index contributed by atoms with van der Waals surface area (Å²) in [5.74, 6) is 0.187. The molecule has 3 rings (SSSR count). The van der Waals surface area contributed by atoms with Crippen LogP contribution in [0.2, 0.25) is 5.04 Å². The molecule has 3 nitrogen and oxygen atoms in total. The third-order valence-electron chi connectivity index (χ3n) is 5.13. The maximum Gasteiger partial charge on any atom is 0.261 e. The maximum atomic E-state index is 11.5. The van der Waals surface area contributed by atoms with Gasteiger partial charge >= 0.3 is 0 Å². The van der Waals surface area contributed by atoms with E-state index in [2.05, 4.69) is 69.3 Å². The van der Waals surface area contributed by atoms with E-state index in [1.165, 1.54) is 10.4 Å². The lowest BCUT2D eigenvalue weighted by molar-refractivity contribution is -0.132. The van der Waals surface area contributed by atoms with Crippen molar-refractivity contribution in [3.8, 4) is 0 Å². The normalized spacial score (nSPS) is 18.7. The van der Waals surface area contributed by atoms with E-state index in [0.29, 0.717) is 13.0 Å². The summed E-state index contributed by atoms with van der Waals surface area (Å²) in [4.78, 5) is 11.5. The molecule has 1 heterocycles. The fourth-order valence-corrected chi connectivity index (χ4v) is 8.39. The van der Waals surface area contributed by atoms with Crippen LogP contribution in [0.25, 0.3) is 0 Å². The molecule has 0 saturated carbocycles. The molecule has 0 N–H and O–H groups in total. The lowest BCUT2D eigenvalue weighted by Gasteiger charge is -2.43. The minimum absolute atomic E-state index is 0.00523. The molecule has 0 amide bonds. The molecule has 0 radical (unpaired) electrons. The fourth-order valence-electron chi connectivity index (χ4n) is 3.80. The maximum absolute atomic E-state index is 11.5. The van der Waals surface area contributed by atoms with Gasteiger partial charge in [0.15, 0.2) is 5.78 Å². The van der Waals surface area contributed by atoms with Gasteiger partial charge in [0.2, 0.25) is 0 Å². The van der Waals surface area contributed by atoms with Gasteiger partial charge in [0.05, 0.1) is 12.7 Å². The number of Topliss-reactive ketones (excluding diaryl/α,β-unsaturated/α-hetero) is 1. The van der Waals surface area contributed by atoms with Crippen LogP contribution in [0.4, 0.5) is 0 Å². The van der Waals surface area contributed by atoms with Crippen LogP contribution in [0.5, 0.6) is 0 Å². The average molecular weight is 369 g/mol. The molecule has 0 aromatic heterocycles. The van der Waals surface area contributed by atoms with E-state index in [1.807, 2.05) is 12.1 Å². The molecule has 1 aliphatic rings. The summed E-state index contributed by atoms with van der Waals surface area (Å²) in [6.07, 6.45) is 1.33. The van der Waals surface area contributed by atoms with E-state index in [-0.39, 0.29) is 23.5 Å². The Morgan fingerprint density at radius 2 is 1.54 bits per heavy atom. The van der Waals surface area contributed by atoms with Gasteiger partial charge in [-0.1, -0.05) is 81.4 Å². The number of rotatable bonds is 5. The number of hydrogen-bond donors (Lipinski definition) is 0. The first-order valence-corrected chi connectivity index (χ1v) is 11.2. The molecule has 0 spiro atoms. The van der Waals surface area contributed by atoms with Gasteiger partial charge in [-0.15, -0.1) is 0 Å². The topological polar surface area (TPSA) is 35.5 Å². The molecule has 4 heteroatoms. The molecular weight excluding hydrogens is 340 g/mol. The first-order chi connectivity index (χ1) is 12.4. The molecule has 1 aliphatic heterocycles. The molecule has 0 bridgehead atoms. The largest absolute Gasteiger partial charge is 0.405 e. The number of carbonyl (C=O) groups is 1. The van der Waals surface area contributed by atoms with Crippen LogP contribution in [-0.4, -0.2) is 33.4 Å². The van der Waals surface area contributed by atoms with Crippen LogP contribution in [0.3, 0.4) is 0 Å². The monoisotopic (exact) mass is 368 g/mol. The van der Waals surface area contributed by atoms with Crippen molar-refractivity contribution >= 4 is 24.5 Å². The van der Waals surface area contributed by atoms with Crippen molar-refractivity contribution in [2.45, 2.75) is 44.8 Å². The Kier molecular flexibility index (Phi) is 5.75. The van der Waals surface area contributed by atoms with Gasteiger partial charge in [-0.3, -0.25) is 4.79 Å². The average Bonchev–Trinajstić information content (AvgIpc) is 2.64. The Bertz CT molecular complexity index is 673. The molecule has 1 atom stereocenters. The lowest BCUT2D eigenvalue weighted by atomic mass is 10.1. The summed E-state index contributed by atoms with van der Waals surface area (Å²) in [5.41, 5.74) is 0. The van der Waals surface area contributed by atoms with Crippen LogP contribution in [-0.2, 0) is 14.0 Å². The zero-order valence-corrected chi connectivity index (χ0v) is 16.9. The molecular formula is C22H28O3Si. The minimum atomic E-state index is -2.52. The molecule has 2 aromatic carbocycles. The van der Waals surface area contributed by atoms with E-state index in [1.54, 1.807) is 0 Å². The molecule has 1 saturated heterocycles. The van der Waals surface area contributed by atoms with E-state index < -0.39 is 8.32 Å². The van der Waals surface area contributed by atoms with Crippen molar-refractivity contribution in [3.63, 3.8) is 0 Å². The Hall–Kier alpha value is -1.75. The summed E-state index contributed by atoms with van der Waals surface area (Å²) in [7, 11) is -2.52. The Morgan fingerprint density at radius 3 is 1.96 bits per heavy atom. The van der Waals surface area contributed by atoms with Crippen LogP contribution in [0, 0.1) is 0 Å². The predicted molar refractivity (Wildman–Crippen MR) is 108 cm³/mol. The minimum Gasteiger partial charge on any atom is -0.405 e. The number of carbonyl (C=O) groups excluding carboxylic acids is 1. The van der Waals surface area contributed by atoms with E-state index in [0.717, 1.165) is 6.42 Å². The highest BCUT2D eigenvalue weighted by Crippen LogP contribution is 2.37. The second-order valence-corrected chi connectivity index (χ2v) is 12.3. The van der Waals surface area contributed by atoms with Crippen LogP contribution >= 0.6 is 0 Å². The molecule has 138 valence electrons. The summed E-state index contributed by atoms with van der Waals surface area (Å²) >= 11 is 0. The summed E-state index contributed by atoms with van der Waals surface area (Å²) < 4.78 is 12.6. The van der Waals surface area contributed by atoms with Gasteiger partial charge in [0.25, 0.3) is 8.32 Å². The van der Waals surface area contributed by atoms with Crippen molar-refractivity contribution in [2.75, 3.05) is 13.2 Å². The van der Waals surface area contributed by atoms with Gasteiger partial charge in [0, 0.05) is 6.42 Å². The first kappa shape index (κ1) is 19.0. The highest BCUT2D eigenvalue weighted by molar-refractivity contribution is 6.99. The number of hydrogen-bond acceptors (Lipinski definition) is 3. The van der Waals surface area contributed by atoms with E-state index >= 15 is 0 Å². The zero-order chi connectivity index (χ0) is 18.6. The Labute approximate surface area is 157 Å². The number of ether oxygens (including phenoxy) is 1. The lowest BCUT2D eigenvalue weighted by Crippen LogP contribution is -2.67. The Morgan fingerprint density at radius 1 is 1.00 bits per heavy atom. The third kappa shape index (κ3) is 3.82. The van der Waals surface area contributed by atoms with E-state index in [4.69, 9.17) is 9.16 Å². The highest BCUT2D eigenvalue weighted by atomic mass is 28.4. The van der Waals surface area contributed by atoms with Crippen molar-refractivity contribution in [1.29, 1.82) is 0 Å². The molecule has 1 fully saturated rings. The van der Waals surface area contributed by atoms with Gasteiger partial charge < -0.3 is 9.16 Å². The van der Waals surface area contributed by atoms with Crippen LogP contribution < -0.4 is 10.4 Å². The second kappa shape index (κ2) is 7.87. The number of benzene rings is 2. The van der Waals surface area contributed by atoms with Gasteiger partial charge in [-0.05, 0) is 21.8 Å². The van der Waals surface area contributed by atoms with Crippen molar-refractivity contribution < 1.29 is 14.0 Å². The quantitative estimate of drug-likeness (QED) is 0.760. The smallest absolute Gasteiger partial charge is 0.261 e. The van der Waals surface area contributed by atoms with Gasteiger partial charge in [-0.2, -0.15) is 0 Å². The standard InChI is InChI=1S/C22H28O3Si/c1-22(2,3)26(20-10-6-4-7-11-20,21-12-8-5-9-13-21)25-17-19-15-14-18(23)16-24-19/h4-13,19H,14-17H2,1-3H3. The van der Waals surface area contributed by atoms with Crippen molar-refractivity contribution in [3.05, 3.63) is 60.7 Å². The van der Waals surface area contributed by atoms with Crippen LogP contribution in [0.1, 0.15) is 33.6 Å². The SMILES string of the molecule is CC(C)(C)[Si](OCC1CCC(=O)CO1)(c1ccccc1)c1ccccc1. The summed E-state index contributed by atoms with van der Waals surface area (Å²) in [5, 5.41) is 2.50. The highest BCUT2D eigenvalue weighted by Gasteiger charge is 2.50. The number of ketones is 1. The summed E-state index contributed by atoms with van der Waals surface area (Å²) in [6, 6.07) is 21.2. The first-order valence-electron chi connectivity index (χ1n) is 9.32. The fraction of sp³-hybridized carbons (Fsp3) is 0.409. The van der Waals surface area contributed by atoms with E-state index in [9.17, 15) is 4.79 Å². The molecule has 2 aromatic rings. The second-order valence-electron chi connectivity index (χ2n) is 7.98. The van der Waals surface area contributed by atoms with Gasteiger partial charge in [-0.25, -0.2) is 0 Å². The zero-order valence-electron chi connectivity index (χ0n) is 15.9. The third-order valence-corrected chi connectivity index (χ3v) is 10.1. The summed E-state index contributed by atoms with van der Waals surface area (Å²) in [6.45, 7) is 7.55. The molecule has 1 unspecified atom stereocenters. The molecule has 0 aliphatic carbocycles. The Balaban J connectivity index is 1.99. The predicted octanol–water partition coefficient (Wildman–Crippen LogP) is 3.31. The van der Waals surface area contributed by atoms with Crippen LogP contribution in [0.15, 0.2) is 60.7 Å². The van der Waals surface area contributed by atoms with Crippen molar-refractivity contribution in [2.24, 2.45) is 0 Å².